The highest BCUT2D eigenvalue weighted by Gasteiger charge is 2.52. The summed E-state index contributed by atoms with van der Waals surface area (Å²) in [6.07, 6.45) is 3.92. The topological polar surface area (TPSA) is 28.7 Å². The van der Waals surface area contributed by atoms with Crippen molar-refractivity contribution in [3.8, 4) is 22.5 Å². The SMILES string of the molecule is c1ccc2c(c1)-c1ccccc1C21c2cccnc2-c2[nH]ccc21. The fourth-order valence-electron chi connectivity index (χ4n) is 4.75. The van der Waals surface area contributed by atoms with Crippen LogP contribution in [0.1, 0.15) is 22.3 Å². The minimum absolute atomic E-state index is 0.244. The van der Waals surface area contributed by atoms with Gasteiger partial charge in [-0.15, -0.1) is 0 Å². The maximum absolute atomic E-state index is 4.71. The number of benzene rings is 2. The van der Waals surface area contributed by atoms with E-state index in [1.165, 1.54) is 33.4 Å². The molecule has 4 aromatic rings. The highest BCUT2D eigenvalue weighted by Crippen LogP contribution is 2.61. The number of aromatic nitrogens is 2. The molecule has 0 saturated carbocycles. The van der Waals surface area contributed by atoms with E-state index in [1.807, 2.05) is 12.4 Å². The third-order valence-electron chi connectivity index (χ3n) is 5.55. The molecule has 0 atom stereocenters. The van der Waals surface area contributed by atoms with Gasteiger partial charge >= 0.3 is 0 Å². The number of pyridine rings is 1. The van der Waals surface area contributed by atoms with Crippen molar-refractivity contribution in [3.63, 3.8) is 0 Å². The summed E-state index contributed by atoms with van der Waals surface area (Å²) in [7, 11) is 0. The Hall–Kier alpha value is -3.13. The van der Waals surface area contributed by atoms with E-state index in [0.717, 1.165) is 11.4 Å². The Morgan fingerprint density at radius 1 is 0.667 bits per heavy atom. The largest absolute Gasteiger partial charge is 0.360 e. The molecule has 0 amide bonds. The molecule has 2 heterocycles. The van der Waals surface area contributed by atoms with Gasteiger partial charge in [-0.25, -0.2) is 0 Å². The molecule has 1 spiro atoms. The van der Waals surface area contributed by atoms with Gasteiger partial charge in [-0.1, -0.05) is 54.6 Å². The first kappa shape index (κ1) is 12.3. The van der Waals surface area contributed by atoms with E-state index in [0.29, 0.717) is 0 Å². The summed E-state index contributed by atoms with van der Waals surface area (Å²) in [5, 5.41) is 0. The van der Waals surface area contributed by atoms with E-state index in [-0.39, 0.29) is 5.41 Å². The van der Waals surface area contributed by atoms with Gasteiger partial charge in [-0.3, -0.25) is 4.98 Å². The number of nitrogens with zero attached hydrogens (tertiary/aromatic N) is 1. The van der Waals surface area contributed by atoms with Crippen LogP contribution in [0.25, 0.3) is 22.5 Å². The lowest BCUT2D eigenvalue weighted by atomic mass is 9.71. The first-order valence-corrected chi connectivity index (χ1v) is 8.25. The highest BCUT2D eigenvalue weighted by molar-refractivity contribution is 5.92. The van der Waals surface area contributed by atoms with Gasteiger partial charge < -0.3 is 4.98 Å². The van der Waals surface area contributed by atoms with E-state index < -0.39 is 0 Å². The highest BCUT2D eigenvalue weighted by atomic mass is 14.8. The lowest BCUT2D eigenvalue weighted by Gasteiger charge is -2.29. The van der Waals surface area contributed by atoms with Crippen LogP contribution in [0, 0.1) is 0 Å². The van der Waals surface area contributed by atoms with Crippen molar-refractivity contribution in [2.24, 2.45) is 0 Å². The molecule has 2 nitrogen and oxygen atoms in total. The first-order chi connectivity index (χ1) is 11.9. The number of aromatic amines is 1. The average molecular weight is 306 g/mol. The van der Waals surface area contributed by atoms with Crippen LogP contribution in [0.4, 0.5) is 0 Å². The summed E-state index contributed by atoms with van der Waals surface area (Å²) in [5.41, 5.74) is 9.96. The normalized spacial score (nSPS) is 15.0. The molecule has 0 radical (unpaired) electrons. The van der Waals surface area contributed by atoms with Crippen LogP contribution in [-0.2, 0) is 5.41 Å². The molecule has 0 bridgehead atoms. The lowest BCUT2D eigenvalue weighted by molar-refractivity contribution is 0.793. The Kier molecular flexibility index (Phi) is 2.07. The fourth-order valence-corrected chi connectivity index (χ4v) is 4.75. The van der Waals surface area contributed by atoms with E-state index >= 15 is 0 Å². The summed E-state index contributed by atoms with van der Waals surface area (Å²) < 4.78 is 0. The Morgan fingerprint density at radius 3 is 2.08 bits per heavy atom. The van der Waals surface area contributed by atoms with Crippen molar-refractivity contribution >= 4 is 0 Å². The van der Waals surface area contributed by atoms with Crippen molar-refractivity contribution in [1.29, 1.82) is 0 Å². The lowest BCUT2D eigenvalue weighted by Crippen LogP contribution is -2.25. The molecule has 2 aromatic heterocycles. The van der Waals surface area contributed by atoms with Crippen LogP contribution in [0.2, 0.25) is 0 Å². The number of hydrogen-bond acceptors (Lipinski definition) is 1. The Labute approximate surface area is 139 Å². The summed E-state index contributed by atoms with van der Waals surface area (Å²) >= 11 is 0. The zero-order valence-corrected chi connectivity index (χ0v) is 13.0. The quantitative estimate of drug-likeness (QED) is 0.431. The number of rotatable bonds is 0. The molecule has 2 aliphatic rings. The van der Waals surface area contributed by atoms with Gasteiger partial charge in [0.2, 0.25) is 0 Å². The monoisotopic (exact) mass is 306 g/mol. The van der Waals surface area contributed by atoms with Crippen LogP contribution in [0.5, 0.6) is 0 Å². The molecule has 24 heavy (non-hydrogen) atoms. The molecule has 0 fully saturated rings. The number of H-pyrrole nitrogens is 1. The van der Waals surface area contributed by atoms with Gasteiger partial charge in [-0.05, 0) is 45.5 Å². The minimum Gasteiger partial charge on any atom is -0.360 e. The molecular weight excluding hydrogens is 292 g/mol. The predicted octanol–water partition coefficient (Wildman–Crippen LogP) is 4.75. The van der Waals surface area contributed by atoms with Crippen LogP contribution in [0.15, 0.2) is 79.1 Å². The Bertz CT molecular complexity index is 1070. The van der Waals surface area contributed by atoms with Gasteiger partial charge in [0.25, 0.3) is 0 Å². The second-order valence-electron chi connectivity index (χ2n) is 6.51. The zero-order valence-electron chi connectivity index (χ0n) is 13.0. The number of nitrogens with one attached hydrogen (secondary N) is 1. The molecule has 0 unspecified atom stereocenters. The van der Waals surface area contributed by atoms with E-state index in [4.69, 9.17) is 4.98 Å². The second-order valence-corrected chi connectivity index (χ2v) is 6.51. The van der Waals surface area contributed by atoms with Crippen molar-refractivity contribution in [2.75, 3.05) is 0 Å². The van der Waals surface area contributed by atoms with Crippen molar-refractivity contribution in [3.05, 3.63) is 101 Å². The van der Waals surface area contributed by atoms with Gasteiger partial charge in [0.15, 0.2) is 0 Å². The smallest absolute Gasteiger partial charge is 0.0915 e. The maximum Gasteiger partial charge on any atom is 0.0915 e. The first-order valence-electron chi connectivity index (χ1n) is 8.25. The molecule has 1 N–H and O–H groups in total. The molecule has 2 heteroatoms. The maximum atomic E-state index is 4.71. The Morgan fingerprint density at radius 2 is 1.33 bits per heavy atom. The van der Waals surface area contributed by atoms with E-state index in [2.05, 4.69) is 71.7 Å². The van der Waals surface area contributed by atoms with E-state index in [9.17, 15) is 0 Å². The van der Waals surface area contributed by atoms with Gasteiger partial charge in [0, 0.05) is 12.4 Å². The molecular formula is C22H14N2. The van der Waals surface area contributed by atoms with Gasteiger partial charge in [0.1, 0.15) is 0 Å². The number of hydrogen-bond donors (Lipinski definition) is 1. The van der Waals surface area contributed by atoms with Crippen molar-refractivity contribution < 1.29 is 0 Å². The summed E-state index contributed by atoms with van der Waals surface area (Å²) in [6.45, 7) is 0. The summed E-state index contributed by atoms with van der Waals surface area (Å²) in [4.78, 5) is 8.13. The van der Waals surface area contributed by atoms with E-state index in [1.54, 1.807) is 0 Å². The van der Waals surface area contributed by atoms with Gasteiger partial charge in [-0.2, -0.15) is 0 Å². The van der Waals surface area contributed by atoms with Crippen LogP contribution in [-0.4, -0.2) is 9.97 Å². The summed E-state index contributed by atoms with van der Waals surface area (Å²) in [5.74, 6) is 0. The molecule has 2 aliphatic carbocycles. The third kappa shape index (κ3) is 1.17. The average Bonchev–Trinajstić information content (AvgIpc) is 3.30. The van der Waals surface area contributed by atoms with Crippen molar-refractivity contribution in [2.45, 2.75) is 5.41 Å². The number of fused-ring (bicyclic) bond motifs is 10. The zero-order chi connectivity index (χ0) is 15.7. The second kappa shape index (κ2) is 4.04. The Balaban J connectivity index is 1.89. The molecule has 6 rings (SSSR count). The molecule has 0 aliphatic heterocycles. The standard InChI is InChI=1S/C22H14N2/c1-3-8-16-14(6-1)15-7-2-4-9-17(15)22(16)18-10-5-12-23-20(18)21-19(22)11-13-24-21/h1-13,24H. The summed E-state index contributed by atoms with van der Waals surface area (Å²) in [6, 6.07) is 24.1. The van der Waals surface area contributed by atoms with Crippen LogP contribution < -0.4 is 0 Å². The van der Waals surface area contributed by atoms with Gasteiger partial charge in [0.05, 0.1) is 16.8 Å². The minimum atomic E-state index is -0.244. The molecule has 2 aromatic carbocycles. The fraction of sp³-hybridized carbons (Fsp3) is 0.0455. The van der Waals surface area contributed by atoms with Crippen LogP contribution in [0.3, 0.4) is 0 Å². The third-order valence-corrected chi connectivity index (χ3v) is 5.55. The van der Waals surface area contributed by atoms with Crippen LogP contribution >= 0.6 is 0 Å². The molecule has 112 valence electrons. The predicted molar refractivity (Wildman–Crippen MR) is 94.9 cm³/mol. The van der Waals surface area contributed by atoms with Crippen molar-refractivity contribution in [1.82, 2.24) is 9.97 Å². The molecule has 0 saturated heterocycles.